The molecule has 0 fully saturated rings. The SMILES string of the molecule is COc1ncccc1NC(=O)CCn1c(=O)c2ccnn2c2ccc(F)cc21. The number of fused-ring (bicyclic) bond motifs is 3. The van der Waals surface area contributed by atoms with Crippen molar-refractivity contribution in [1.29, 1.82) is 0 Å². The smallest absolute Gasteiger partial charge is 0.277 e. The highest BCUT2D eigenvalue weighted by Gasteiger charge is 2.14. The molecule has 0 aliphatic heterocycles. The summed E-state index contributed by atoms with van der Waals surface area (Å²) < 4.78 is 21.8. The van der Waals surface area contributed by atoms with Gasteiger partial charge in [0.05, 0.1) is 24.3 Å². The lowest BCUT2D eigenvalue weighted by molar-refractivity contribution is -0.116. The Morgan fingerprint density at radius 1 is 1.18 bits per heavy atom. The van der Waals surface area contributed by atoms with Crippen LogP contribution in [0.4, 0.5) is 10.1 Å². The van der Waals surface area contributed by atoms with E-state index in [1.54, 1.807) is 30.5 Å². The fraction of sp³-hybridized carbons (Fsp3) is 0.158. The first kappa shape index (κ1) is 17.7. The molecule has 0 aliphatic carbocycles. The number of aromatic nitrogens is 4. The number of hydrogen-bond donors (Lipinski definition) is 1. The maximum absolute atomic E-state index is 13.8. The molecular formula is C19H16FN5O3. The molecule has 1 N–H and O–H groups in total. The van der Waals surface area contributed by atoms with Crippen molar-refractivity contribution in [1.82, 2.24) is 19.2 Å². The maximum Gasteiger partial charge on any atom is 0.277 e. The largest absolute Gasteiger partial charge is 0.480 e. The number of carbonyl (C=O) groups is 1. The molecule has 0 bridgehead atoms. The molecule has 3 aromatic heterocycles. The van der Waals surface area contributed by atoms with Gasteiger partial charge in [-0.05, 0) is 36.4 Å². The van der Waals surface area contributed by atoms with E-state index in [9.17, 15) is 14.0 Å². The van der Waals surface area contributed by atoms with Crippen LogP contribution in [0.5, 0.6) is 5.88 Å². The monoisotopic (exact) mass is 381 g/mol. The van der Waals surface area contributed by atoms with E-state index in [1.807, 2.05) is 0 Å². The fourth-order valence-corrected chi connectivity index (χ4v) is 3.09. The average Bonchev–Trinajstić information content (AvgIpc) is 3.18. The molecule has 0 aliphatic rings. The van der Waals surface area contributed by atoms with Gasteiger partial charge < -0.3 is 14.6 Å². The molecule has 0 spiro atoms. The number of benzene rings is 1. The van der Waals surface area contributed by atoms with E-state index < -0.39 is 5.82 Å². The first-order chi connectivity index (χ1) is 13.6. The highest BCUT2D eigenvalue weighted by molar-refractivity contribution is 5.92. The first-order valence-electron chi connectivity index (χ1n) is 8.53. The molecule has 4 rings (SSSR count). The number of carbonyl (C=O) groups excluding carboxylic acids is 1. The quantitative estimate of drug-likeness (QED) is 0.572. The third-order valence-electron chi connectivity index (χ3n) is 4.36. The van der Waals surface area contributed by atoms with Crippen LogP contribution >= 0.6 is 0 Å². The van der Waals surface area contributed by atoms with Crippen LogP contribution in [0.3, 0.4) is 0 Å². The van der Waals surface area contributed by atoms with Gasteiger partial charge in [-0.3, -0.25) is 9.59 Å². The van der Waals surface area contributed by atoms with Crippen LogP contribution < -0.4 is 15.6 Å². The predicted molar refractivity (Wildman–Crippen MR) is 101 cm³/mol. The maximum atomic E-state index is 13.8. The summed E-state index contributed by atoms with van der Waals surface area (Å²) in [6.07, 6.45) is 3.06. The Bertz CT molecular complexity index is 1250. The number of rotatable bonds is 5. The lowest BCUT2D eigenvalue weighted by Gasteiger charge is -2.13. The van der Waals surface area contributed by atoms with Crippen LogP contribution in [-0.2, 0) is 11.3 Å². The predicted octanol–water partition coefficient (Wildman–Crippen LogP) is 2.22. The Morgan fingerprint density at radius 3 is 2.86 bits per heavy atom. The Kier molecular flexibility index (Phi) is 4.48. The second-order valence-electron chi connectivity index (χ2n) is 6.08. The Morgan fingerprint density at radius 2 is 2.04 bits per heavy atom. The van der Waals surface area contributed by atoms with Crippen molar-refractivity contribution in [2.24, 2.45) is 0 Å². The number of methoxy groups -OCH3 is 1. The van der Waals surface area contributed by atoms with E-state index in [2.05, 4.69) is 15.4 Å². The molecule has 0 unspecified atom stereocenters. The summed E-state index contributed by atoms with van der Waals surface area (Å²) in [7, 11) is 1.46. The standard InChI is InChI=1S/C19H16FN5O3/c1-28-18-13(3-2-8-21-18)23-17(26)7-10-24-16-11-12(20)4-5-14(16)25-15(19(24)27)6-9-22-25/h2-6,8-9,11H,7,10H2,1H3,(H,23,26). The van der Waals surface area contributed by atoms with Gasteiger partial charge in [0.25, 0.3) is 5.56 Å². The van der Waals surface area contributed by atoms with Gasteiger partial charge in [0.15, 0.2) is 0 Å². The second kappa shape index (κ2) is 7.10. The summed E-state index contributed by atoms with van der Waals surface area (Å²) in [6.45, 7) is 0.0783. The van der Waals surface area contributed by atoms with Crippen molar-refractivity contribution in [2.45, 2.75) is 13.0 Å². The van der Waals surface area contributed by atoms with E-state index in [0.717, 1.165) is 0 Å². The summed E-state index contributed by atoms with van der Waals surface area (Å²) in [5.74, 6) is -0.506. The normalized spacial score (nSPS) is 11.1. The number of amides is 1. The van der Waals surface area contributed by atoms with Crippen LogP contribution in [0, 0.1) is 5.82 Å². The molecule has 0 saturated carbocycles. The Labute approximate surface area is 158 Å². The van der Waals surface area contributed by atoms with Gasteiger partial charge in [-0.25, -0.2) is 13.9 Å². The minimum Gasteiger partial charge on any atom is -0.480 e. The minimum absolute atomic E-state index is 0.00782. The van der Waals surface area contributed by atoms with Gasteiger partial charge in [0.2, 0.25) is 11.8 Å². The summed E-state index contributed by atoms with van der Waals surface area (Å²) in [4.78, 5) is 29.2. The van der Waals surface area contributed by atoms with Crippen molar-refractivity contribution >= 4 is 28.1 Å². The molecular weight excluding hydrogens is 365 g/mol. The highest BCUT2D eigenvalue weighted by Crippen LogP contribution is 2.20. The average molecular weight is 381 g/mol. The summed E-state index contributed by atoms with van der Waals surface area (Å²) in [5.41, 5.74) is 1.39. The van der Waals surface area contributed by atoms with Crippen LogP contribution in [0.15, 0.2) is 53.6 Å². The number of hydrogen-bond acceptors (Lipinski definition) is 5. The summed E-state index contributed by atoms with van der Waals surface area (Å²) in [5, 5.41) is 6.84. The zero-order valence-corrected chi connectivity index (χ0v) is 14.9. The van der Waals surface area contributed by atoms with Crippen LogP contribution in [0.25, 0.3) is 16.6 Å². The van der Waals surface area contributed by atoms with E-state index in [4.69, 9.17) is 4.74 Å². The Hall–Kier alpha value is -3.75. The number of ether oxygens (including phenoxy) is 1. The van der Waals surface area contributed by atoms with Gasteiger partial charge in [-0.2, -0.15) is 5.10 Å². The van der Waals surface area contributed by atoms with E-state index in [1.165, 1.54) is 34.5 Å². The van der Waals surface area contributed by atoms with Crippen molar-refractivity contribution in [3.8, 4) is 5.88 Å². The number of halogens is 1. The molecule has 3 heterocycles. The molecule has 0 atom stereocenters. The zero-order valence-electron chi connectivity index (χ0n) is 14.9. The van der Waals surface area contributed by atoms with Gasteiger partial charge in [0, 0.05) is 19.2 Å². The molecule has 142 valence electrons. The number of anilines is 1. The zero-order chi connectivity index (χ0) is 19.7. The molecule has 0 saturated heterocycles. The summed E-state index contributed by atoms with van der Waals surface area (Å²) >= 11 is 0. The first-order valence-corrected chi connectivity index (χ1v) is 8.53. The second-order valence-corrected chi connectivity index (χ2v) is 6.08. The van der Waals surface area contributed by atoms with Gasteiger partial charge >= 0.3 is 0 Å². The minimum atomic E-state index is -0.475. The number of aryl methyl sites for hydroxylation is 1. The van der Waals surface area contributed by atoms with E-state index >= 15 is 0 Å². The highest BCUT2D eigenvalue weighted by atomic mass is 19.1. The number of pyridine rings is 1. The topological polar surface area (TPSA) is 90.5 Å². The molecule has 4 aromatic rings. The van der Waals surface area contributed by atoms with Crippen LogP contribution in [0.1, 0.15) is 6.42 Å². The molecule has 1 amide bonds. The van der Waals surface area contributed by atoms with Crippen LogP contribution in [0.2, 0.25) is 0 Å². The fourth-order valence-electron chi connectivity index (χ4n) is 3.09. The van der Waals surface area contributed by atoms with Crippen molar-refractivity contribution in [2.75, 3.05) is 12.4 Å². The van der Waals surface area contributed by atoms with Crippen molar-refractivity contribution in [3.63, 3.8) is 0 Å². The van der Waals surface area contributed by atoms with Crippen molar-refractivity contribution < 1.29 is 13.9 Å². The van der Waals surface area contributed by atoms with Crippen LogP contribution in [-0.4, -0.2) is 32.2 Å². The van der Waals surface area contributed by atoms with Gasteiger partial charge in [-0.15, -0.1) is 0 Å². The van der Waals surface area contributed by atoms with Gasteiger partial charge in [0.1, 0.15) is 17.0 Å². The third-order valence-corrected chi connectivity index (χ3v) is 4.36. The Balaban J connectivity index is 1.65. The van der Waals surface area contributed by atoms with Gasteiger partial charge in [-0.1, -0.05) is 0 Å². The molecule has 0 radical (unpaired) electrons. The van der Waals surface area contributed by atoms with Crippen molar-refractivity contribution in [3.05, 3.63) is 65.0 Å². The lowest BCUT2D eigenvalue weighted by Crippen LogP contribution is -2.25. The van der Waals surface area contributed by atoms with E-state index in [0.29, 0.717) is 28.1 Å². The molecule has 8 nitrogen and oxygen atoms in total. The number of nitrogens with one attached hydrogen (secondary N) is 1. The number of nitrogens with zero attached hydrogens (tertiary/aromatic N) is 4. The lowest BCUT2D eigenvalue weighted by atomic mass is 10.2. The molecule has 28 heavy (non-hydrogen) atoms. The van der Waals surface area contributed by atoms with E-state index in [-0.39, 0.29) is 24.4 Å². The molecule has 1 aromatic carbocycles. The summed E-state index contributed by atoms with van der Waals surface area (Å²) in [6, 6.07) is 9.05. The third kappa shape index (κ3) is 3.07. The molecule has 9 heteroatoms.